The molecule has 4 nitrogen and oxygen atoms in total. The van der Waals surface area contributed by atoms with E-state index in [1.165, 1.54) is 0 Å². The highest BCUT2D eigenvalue weighted by atomic mass is 35.5. The number of thiazole rings is 1. The zero-order chi connectivity index (χ0) is 13.7. The molecule has 0 bridgehead atoms. The maximum Gasteiger partial charge on any atom is 0.248 e. The van der Waals surface area contributed by atoms with Crippen molar-refractivity contribution in [1.29, 1.82) is 0 Å². The van der Waals surface area contributed by atoms with E-state index < -0.39 is 5.91 Å². The zero-order valence-corrected chi connectivity index (χ0v) is 11.7. The highest BCUT2D eigenvalue weighted by Crippen LogP contribution is 2.15. The number of amides is 1. The van der Waals surface area contributed by atoms with Gasteiger partial charge in [-0.2, -0.15) is 0 Å². The summed E-state index contributed by atoms with van der Waals surface area (Å²) in [6.07, 6.45) is 0.735. The van der Waals surface area contributed by atoms with Gasteiger partial charge in [0.1, 0.15) is 5.75 Å². The Morgan fingerprint density at radius 3 is 2.68 bits per heavy atom. The van der Waals surface area contributed by atoms with Gasteiger partial charge in [0.15, 0.2) is 0 Å². The molecule has 1 heterocycles. The van der Waals surface area contributed by atoms with E-state index in [9.17, 15) is 4.79 Å². The van der Waals surface area contributed by atoms with E-state index in [1.807, 2.05) is 5.38 Å². The predicted octanol–water partition coefficient (Wildman–Crippen LogP) is 2.60. The smallest absolute Gasteiger partial charge is 0.248 e. The summed E-state index contributed by atoms with van der Waals surface area (Å²) in [4.78, 5) is 15.2. The number of benzene rings is 1. The fourth-order valence-corrected chi connectivity index (χ4v) is 2.50. The fraction of sp³-hybridized carbons (Fsp3) is 0.231. The largest absolute Gasteiger partial charge is 0.493 e. The normalized spacial score (nSPS) is 10.4. The molecule has 0 aliphatic rings. The lowest BCUT2D eigenvalue weighted by Gasteiger charge is -2.05. The number of ether oxygens (including phenoxy) is 1. The minimum Gasteiger partial charge on any atom is -0.493 e. The lowest BCUT2D eigenvalue weighted by Crippen LogP contribution is -2.10. The summed E-state index contributed by atoms with van der Waals surface area (Å²) in [6.45, 7) is 0.533. The van der Waals surface area contributed by atoms with Crippen LogP contribution in [0.2, 0.25) is 0 Å². The Labute approximate surface area is 120 Å². The number of alkyl halides is 1. The molecule has 2 rings (SSSR count). The Morgan fingerprint density at radius 1 is 1.37 bits per heavy atom. The Kier molecular flexibility index (Phi) is 4.76. The number of nitrogens with zero attached hydrogens (tertiary/aromatic N) is 1. The van der Waals surface area contributed by atoms with E-state index in [0.717, 1.165) is 17.1 Å². The number of nitrogens with two attached hydrogens (primary N) is 1. The number of aromatic nitrogens is 1. The van der Waals surface area contributed by atoms with E-state index in [-0.39, 0.29) is 0 Å². The number of hydrogen-bond acceptors (Lipinski definition) is 4. The van der Waals surface area contributed by atoms with Crippen LogP contribution in [0.4, 0.5) is 0 Å². The molecule has 2 aromatic rings. The van der Waals surface area contributed by atoms with Gasteiger partial charge in [-0.15, -0.1) is 22.9 Å². The molecule has 0 fully saturated rings. The lowest BCUT2D eigenvalue weighted by atomic mass is 10.2. The molecule has 19 heavy (non-hydrogen) atoms. The average Bonchev–Trinajstić information content (AvgIpc) is 2.87. The summed E-state index contributed by atoms with van der Waals surface area (Å²) in [5.41, 5.74) is 6.53. The SMILES string of the molecule is NC(=O)c1ccc(OCCc2nc(CCl)cs2)cc1. The van der Waals surface area contributed by atoms with Crippen molar-refractivity contribution in [2.45, 2.75) is 12.3 Å². The molecule has 0 atom stereocenters. The minimum atomic E-state index is -0.442. The van der Waals surface area contributed by atoms with Crippen LogP contribution in [-0.4, -0.2) is 17.5 Å². The lowest BCUT2D eigenvalue weighted by molar-refractivity contribution is 0.100. The maximum absolute atomic E-state index is 10.9. The van der Waals surface area contributed by atoms with Crippen molar-refractivity contribution in [3.8, 4) is 5.75 Å². The third-order valence-corrected chi connectivity index (χ3v) is 3.69. The molecule has 2 N–H and O–H groups in total. The van der Waals surface area contributed by atoms with Crippen molar-refractivity contribution >= 4 is 28.8 Å². The Morgan fingerprint density at radius 2 is 2.11 bits per heavy atom. The van der Waals surface area contributed by atoms with E-state index >= 15 is 0 Å². The van der Waals surface area contributed by atoms with Crippen LogP contribution < -0.4 is 10.5 Å². The van der Waals surface area contributed by atoms with E-state index in [2.05, 4.69) is 4.98 Å². The second-order valence-corrected chi connectivity index (χ2v) is 5.06. The van der Waals surface area contributed by atoms with Crippen molar-refractivity contribution < 1.29 is 9.53 Å². The predicted molar refractivity (Wildman–Crippen MR) is 75.8 cm³/mol. The first-order chi connectivity index (χ1) is 9.19. The average molecular weight is 297 g/mol. The number of carbonyl (C=O) groups excluding carboxylic acids is 1. The van der Waals surface area contributed by atoms with Crippen molar-refractivity contribution in [2.75, 3.05) is 6.61 Å². The molecule has 0 radical (unpaired) electrons. The first-order valence-electron chi connectivity index (χ1n) is 5.71. The van der Waals surface area contributed by atoms with Gasteiger partial charge in [0.2, 0.25) is 5.91 Å². The van der Waals surface area contributed by atoms with Crippen LogP contribution in [0.3, 0.4) is 0 Å². The molecule has 0 aliphatic heterocycles. The van der Waals surface area contributed by atoms with Gasteiger partial charge in [0.25, 0.3) is 0 Å². The van der Waals surface area contributed by atoms with Gasteiger partial charge in [-0.05, 0) is 24.3 Å². The van der Waals surface area contributed by atoms with Gasteiger partial charge in [0, 0.05) is 17.4 Å². The Balaban J connectivity index is 1.83. The molecular formula is C13H13ClN2O2S. The number of halogens is 1. The van der Waals surface area contributed by atoms with Crippen molar-refractivity contribution in [3.05, 3.63) is 45.9 Å². The van der Waals surface area contributed by atoms with Gasteiger partial charge in [0.05, 0.1) is 23.2 Å². The number of primary amides is 1. The Bertz CT molecular complexity index is 554. The summed E-state index contributed by atoms with van der Waals surface area (Å²) in [5.74, 6) is 0.702. The summed E-state index contributed by atoms with van der Waals surface area (Å²) in [5, 5.41) is 2.95. The topological polar surface area (TPSA) is 65.2 Å². The van der Waals surface area contributed by atoms with Gasteiger partial charge >= 0.3 is 0 Å². The Hall–Kier alpha value is -1.59. The van der Waals surface area contributed by atoms with Crippen molar-refractivity contribution in [2.24, 2.45) is 5.73 Å². The fourth-order valence-electron chi connectivity index (χ4n) is 1.50. The van der Waals surface area contributed by atoms with E-state index in [4.69, 9.17) is 22.1 Å². The minimum absolute atomic E-state index is 0.436. The molecule has 6 heteroatoms. The molecule has 0 unspecified atom stereocenters. The molecular weight excluding hydrogens is 284 g/mol. The van der Waals surface area contributed by atoms with Crippen molar-refractivity contribution in [1.82, 2.24) is 4.98 Å². The third kappa shape index (κ3) is 3.94. The van der Waals surface area contributed by atoms with Gasteiger partial charge in [-0.25, -0.2) is 4.98 Å². The van der Waals surface area contributed by atoms with Crippen LogP contribution in [-0.2, 0) is 12.3 Å². The number of carbonyl (C=O) groups is 1. The second-order valence-electron chi connectivity index (χ2n) is 3.85. The first kappa shape index (κ1) is 13.8. The highest BCUT2D eigenvalue weighted by molar-refractivity contribution is 7.09. The van der Waals surface area contributed by atoms with Crippen LogP contribution in [0.1, 0.15) is 21.1 Å². The summed E-state index contributed by atoms with van der Waals surface area (Å²) in [7, 11) is 0. The first-order valence-corrected chi connectivity index (χ1v) is 7.12. The monoisotopic (exact) mass is 296 g/mol. The van der Waals surface area contributed by atoms with E-state index in [0.29, 0.717) is 23.8 Å². The van der Waals surface area contributed by atoms with Crippen LogP contribution in [0.5, 0.6) is 5.75 Å². The molecule has 0 saturated carbocycles. The van der Waals surface area contributed by atoms with E-state index in [1.54, 1.807) is 35.6 Å². The molecule has 100 valence electrons. The van der Waals surface area contributed by atoms with Gasteiger partial charge < -0.3 is 10.5 Å². The molecule has 1 amide bonds. The van der Waals surface area contributed by atoms with Gasteiger partial charge in [-0.1, -0.05) is 0 Å². The molecule has 1 aromatic heterocycles. The summed E-state index contributed by atoms with van der Waals surface area (Å²) < 4.78 is 5.57. The zero-order valence-electron chi connectivity index (χ0n) is 10.1. The van der Waals surface area contributed by atoms with Crippen molar-refractivity contribution in [3.63, 3.8) is 0 Å². The standard InChI is InChI=1S/C13H13ClN2O2S/c14-7-10-8-19-12(16-10)5-6-18-11-3-1-9(2-4-11)13(15)17/h1-4,8H,5-7H2,(H2,15,17). The molecule has 0 aliphatic carbocycles. The summed E-state index contributed by atoms with van der Waals surface area (Å²) >= 11 is 7.26. The molecule has 1 aromatic carbocycles. The van der Waals surface area contributed by atoms with Crippen LogP contribution in [0, 0.1) is 0 Å². The quantitative estimate of drug-likeness (QED) is 0.833. The van der Waals surface area contributed by atoms with Crippen LogP contribution in [0.25, 0.3) is 0 Å². The molecule has 0 spiro atoms. The van der Waals surface area contributed by atoms with Crippen LogP contribution >= 0.6 is 22.9 Å². The number of rotatable bonds is 6. The molecule has 0 saturated heterocycles. The van der Waals surface area contributed by atoms with Crippen LogP contribution in [0.15, 0.2) is 29.6 Å². The maximum atomic E-state index is 10.9. The number of hydrogen-bond donors (Lipinski definition) is 1. The second kappa shape index (κ2) is 6.54. The third-order valence-electron chi connectivity index (χ3n) is 2.46. The highest BCUT2D eigenvalue weighted by Gasteiger charge is 2.03. The van der Waals surface area contributed by atoms with Gasteiger partial charge in [-0.3, -0.25) is 4.79 Å². The summed E-state index contributed by atoms with van der Waals surface area (Å²) in [6, 6.07) is 6.75.